The average molecular weight is 745 g/mol. The van der Waals surface area contributed by atoms with Crippen molar-refractivity contribution in [3.63, 3.8) is 0 Å². The molecule has 2 aliphatic rings. The number of fused-ring (bicyclic) bond motifs is 2. The van der Waals surface area contributed by atoms with Crippen LogP contribution in [0.25, 0.3) is 0 Å². The van der Waals surface area contributed by atoms with Gasteiger partial charge in [0.05, 0.1) is 18.1 Å². The second-order valence-electron chi connectivity index (χ2n) is 15.2. The first-order valence-electron chi connectivity index (χ1n) is 19.1. The van der Waals surface area contributed by atoms with E-state index in [0.717, 1.165) is 6.29 Å². The number of aliphatic hydroxyl groups excluding tert-OH is 2. The molecule has 1 aromatic carbocycles. The molecule has 2 aliphatic heterocycles. The first-order chi connectivity index (χ1) is 25.1. The maximum absolute atomic E-state index is 14.2. The van der Waals surface area contributed by atoms with Crippen molar-refractivity contribution in [2.45, 2.75) is 142 Å². The van der Waals surface area contributed by atoms with Crippen LogP contribution in [-0.4, -0.2) is 99.1 Å². The highest BCUT2D eigenvalue weighted by Gasteiger charge is 2.39. The van der Waals surface area contributed by atoms with Crippen LogP contribution in [0.2, 0.25) is 0 Å². The van der Waals surface area contributed by atoms with Crippen molar-refractivity contribution in [1.82, 2.24) is 21.1 Å². The van der Waals surface area contributed by atoms with E-state index in [1.165, 1.54) is 24.1 Å². The number of aliphatic hydroxyl groups is 2. The monoisotopic (exact) mass is 744 g/mol. The quantitative estimate of drug-likeness (QED) is 0.160. The van der Waals surface area contributed by atoms with Gasteiger partial charge in [0.15, 0.2) is 0 Å². The summed E-state index contributed by atoms with van der Waals surface area (Å²) in [5, 5.41) is 39.5. The lowest BCUT2D eigenvalue weighted by atomic mass is 9.83. The first-order valence-corrected chi connectivity index (χ1v) is 19.1. The van der Waals surface area contributed by atoms with Crippen LogP contribution in [0.4, 0.5) is 0 Å². The van der Waals surface area contributed by atoms with E-state index in [4.69, 9.17) is 4.74 Å². The molecule has 14 nitrogen and oxygen atoms in total. The van der Waals surface area contributed by atoms with E-state index in [2.05, 4.69) is 16.1 Å². The van der Waals surface area contributed by atoms with Gasteiger partial charge in [-0.05, 0) is 75.0 Å². The molecule has 3 rings (SSSR count). The van der Waals surface area contributed by atoms with Gasteiger partial charge >= 0.3 is 5.97 Å². The Morgan fingerprint density at radius 2 is 1.72 bits per heavy atom. The highest BCUT2D eigenvalue weighted by Crippen LogP contribution is 2.26. The lowest BCUT2D eigenvalue weighted by molar-refractivity contribution is -0.160. The molecule has 2 bridgehead atoms. The number of ether oxygens (including phenoxy) is 1. The molecule has 0 aliphatic carbocycles. The minimum Gasteiger partial charge on any atom is -0.508 e. The highest BCUT2D eigenvalue weighted by molar-refractivity contribution is 5.93. The number of Topliss-reactive ketones (excluding diaryl/α,β-unsaturated/α-hetero) is 1. The Bertz CT molecular complexity index is 1410. The third-order valence-electron chi connectivity index (χ3n) is 10.5. The number of hydrazine groups is 1. The molecule has 0 aromatic heterocycles. The predicted octanol–water partition coefficient (Wildman–Crippen LogP) is 2.50. The number of benzene rings is 1. The van der Waals surface area contributed by atoms with Gasteiger partial charge in [-0.3, -0.25) is 24.2 Å². The number of amides is 3. The Balaban J connectivity index is 2.00. The predicted molar refractivity (Wildman–Crippen MR) is 196 cm³/mol. The zero-order chi connectivity index (χ0) is 39.2. The second-order valence-corrected chi connectivity index (χ2v) is 15.2. The summed E-state index contributed by atoms with van der Waals surface area (Å²) in [6.45, 7) is 8.55. The fourth-order valence-electron chi connectivity index (χ4n) is 7.02. The molecule has 53 heavy (non-hydrogen) atoms. The molecular weight excluding hydrogens is 684 g/mol. The lowest BCUT2D eigenvalue weighted by Crippen LogP contribution is -2.62. The van der Waals surface area contributed by atoms with E-state index >= 15 is 0 Å². The molecule has 2 fully saturated rings. The Morgan fingerprint density at radius 3 is 2.38 bits per heavy atom. The Kier molecular flexibility index (Phi) is 17.3. The number of ketones is 1. The number of hydrogen-bond acceptors (Lipinski definition) is 11. The number of phenols is 1. The van der Waals surface area contributed by atoms with Crippen LogP contribution in [0.15, 0.2) is 24.3 Å². The van der Waals surface area contributed by atoms with E-state index in [1.807, 2.05) is 6.92 Å². The van der Waals surface area contributed by atoms with Gasteiger partial charge in [0.1, 0.15) is 42.0 Å². The van der Waals surface area contributed by atoms with Crippen LogP contribution >= 0.6 is 0 Å². The van der Waals surface area contributed by atoms with Gasteiger partial charge in [0.2, 0.25) is 11.8 Å². The summed E-state index contributed by atoms with van der Waals surface area (Å²) in [6.07, 6.45) is 1.70. The van der Waals surface area contributed by atoms with E-state index in [0.29, 0.717) is 50.5 Å². The van der Waals surface area contributed by atoms with Crippen LogP contribution < -0.4 is 16.1 Å². The van der Waals surface area contributed by atoms with Crippen LogP contribution in [0.3, 0.4) is 0 Å². The zero-order valence-corrected chi connectivity index (χ0v) is 31.8. The summed E-state index contributed by atoms with van der Waals surface area (Å²) in [4.78, 5) is 78.9. The Labute approximate surface area is 312 Å². The second kappa shape index (κ2) is 21.1. The van der Waals surface area contributed by atoms with Crippen molar-refractivity contribution >= 4 is 35.8 Å². The number of esters is 1. The number of carbonyl (C=O) groups excluding carboxylic acids is 6. The molecule has 1 aromatic rings. The summed E-state index contributed by atoms with van der Waals surface area (Å²) < 4.78 is 5.96. The van der Waals surface area contributed by atoms with Gasteiger partial charge < -0.3 is 40.3 Å². The minimum absolute atomic E-state index is 0.00527. The van der Waals surface area contributed by atoms with Crippen LogP contribution in [0.1, 0.15) is 104 Å². The van der Waals surface area contributed by atoms with E-state index in [9.17, 15) is 44.1 Å². The molecule has 9 atom stereocenters. The molecule has 1 unspecified atom stereocenters. The van der Waals surface area contributed by atoms with Crippen molar-refractivity contribution in [3.8, 4) is 5.75 Å². The number of phenolic OH excluding ortho intramolecular Hbond substituents is 1. The smallest absolute Gasteiger partial charge is 0.325 e. The van der Waals surface area contributed by atoms with Gasteiger partial charge in [-0.25, -0.2) is 5.43 Å². The Morgan fingerprint density at radius 1 is 1.00 bits per heavy atom. The fraction of sp³-hybridized carbons (Fsp3) is 0.692. The normalized spacial score (nSPS) is 29.5. The molecule has 296 valence electrons. The largest absolute Gasteiger partial charge is 0.508 e. The number of aldehydes is 1. The fourth-order valence-corrected chi connectivity index (χ4v) is 7.02. The van der Waals surface area contributed by atoms with E-state index in [1.54, 1.807) is 32.9 Å². The molecule has 0 radical (unpaired) electrons. The van der Waals surface area contributed by atoms with Crippen LogP contribution in [-0.2, 0) is 39.9 Å². The summed E-state index contributed by atoms with van der Waals surface area (Å²) >= 11 is 0. The number of cyclic esters (lactones) is 1. The molecule has 2 saturated heterocycles. The maximum atomic E-state index is 14.2. The molecule has 14 heteroatoms. The summed E-state index contributed by atoms with van der Waals surface area (Å²) in [6, 6.07) is 3.09. The van der Waals surface area contributed by atoms with Gasteiger partial charge in [-0.2, -0.15) is 0 Å². The lowest BCUT2D eigenvalue weighted by Gasteiger charge is -2.36. The third kappa shape index (κ3) is 13.2. The van der Waals surface area contributed by atoms with Crippen molar-refractivity contribution < 1.29 is 48.8 Å². The maximum Gasteiger partial charge on any atom is 0.325 e. The summed E-state index contributed by atoms with van der Waals surface area (Å²) in [5.41, 5.74) is 3.55. The first kappa shape index (κ1) is 43.5. The minimum atomic E-state index is -1.33. The number of nitrogens with one attached hydrogen (secondary N) is 3. The van der Waals surface area contributed by atoms with Gasteiger partial charge in [0, 0.05) is 31.7 Å². The topological polar surface area (TPSA) is 212 Å². The van der Waals surface area contributed by atoms with Crippen molar-refractivity contribution in [3.05, 3.63) is 29.8 Å². The number of carbonyl (C=O) groups is 6. The summed E-state index contributed by atoms with van der Waals surface area (Å²) in [5.74, 6) is -5.19. The van der Waals surface area contributed by atoms with Crippen molar-refractivity contribution in [2.24, 2.45) is 23.7 Å². The molecule has 2 heterocycles. The number of nitrogens with zero attached hydrogens (tertiary/aromatic N) is 1. The standard InChI is InChI=1S/C39H60N4O10/c1-23(2)34-37(50)40-31(22-27-11-9-12-28(46)21-27)38(51)43-19-10-13-30(42-43)39(52)53-33(24(3)18-20-44)15-8-6-7-14-32(47)26(5)35(48)29(36(49)41-34)17-16-25(4)45/h9,11-12,20-21,23-24,26,29-35,42,46-48H,6-8,10,13-19,22H2,1-5H3,(H,40,50)(H,41,49)/t24?,26-,29+,30-,31-,32+,33-,34+,35+/m0/s1. The van der Waals surface area contributed by atoms with Crippen LogP contribution in [0.5, 0.6) is 5.75 Å². The Hall–Kier alpha value is -3.88. The van der Waals surface area contributed by atoms with E-state index in [-0.39, 0.29) is 49.7 Å². The number of aromatic hydroxyl groups is 1. The van der Waals surface area contributed by atoms with Gasteiger partial charge in [-0.1, -0.05) is 52.7 Å². The van der Waals surface area contributed by atoms with Gasteiger partial charge in [0.25, 0.3) is 5.91 Å². The summed E-state index contributed by atoms with van der Waals surface area (Å²) in [7, 11) is 0. The molecule has 3 amide bonds. The molecule has 6 N–H and O–H groups in total. The van der Waals surface area contributed by atoms with Crippen molar-refractivity contribution in [2.75, 3.05) is 6.54 Å². The van der Waals surface area contributed by atoms with Crippen LogP contribution in [0, 0.1) is 23.7 Å². The molecule has 0 saturated carbocycles. The van der Waals surface area contributed by atoms with E-state index < -0.39 is 77.9 Å². The van der Waals surface area contributed by atoms with Gasteiger partial charge in [-0.15, -0.1) is 0 Å². The number of hydrogen-bond donors (Lipinski definition) is 6. The van der Waals surface area contributed by atoms with Crippen molar-refractivity contribution in [1.29, 1.82) is 0 Å². The molecular formula is C39H60N4O10. The average Bonchev–Trinajstić information content (AvgIpc) is 3.11. The third-order valence-corrected chi connectivity index (χ3v) is 10.5. The zero-order valence-electron chi connectivity index (χ0n) is 31.8. The molecule has 0 spiro atoms. The number of rotatable bonds is 9. The highest BCUT2D eigenvalue weighted by atomic mass is 16.5. The SMILES string of the molecule is CC(=O)CC[C@H]1C(=O)N[C@H](C(C)C)C(=O)N[C@@H](Cc2cccc(O)c2)C(=O)N2CCC[C@H](N2)C(=O)O[C@H](C(C)CC=O)CCCCC[C@@H](O)[C@H](C)[C@H]1O.